The first-order valence-electron chi connectivity index (χ1n) is 9.72. The number of benzene rings is 2. The van der Waals surface area contributed by atoms with Gasteiger partial charge in [-0.2, -0.15) is 0 Å². The van der Waals surface area contributed by atoms with E-state index in [0.29, 0.717) is 11.3 Å². The summed E-state index contributed by atoms with van der Waals surface area (Å²) in [5, 5.41) is 0.766. The zero-order chi connectivity index (χ0) is 21.0. The fourth-order valence-corrected chi connectivity index (χ4v) is 4.09. The normalized spacial score (nSPS) is 11.6. The van der Waals surface area contributed by atoms with Gasteiger partial charge in [0.1, 0.15) is 10.6 Å². The minimum absolute atomic E-state index is 0.0911. The summed E-state index contributed by atoms with van der Waals surface area (Å²) in [6.07, 6.45) is 8.05. The molecule has 8 heteroatoms. The second-order valence-electron chi connectivity index (χ2n) is 6.89. The number of sulfonamides is 1. The highest BCUT2D eigenvalue weighted by molar-refractivity contribution is 7.89. The standard InChI is InChI=1S/C22H22N4O3S/c1-2-3-6-18-9-8-17-5-4-7-21(22(17)24-18)30(27,28)25-29-20-12-10-19(11-13-20)26-15-14-23-16-26/h4-5,7-16,25H,2-3,6H2,1H3. The Morgan fingerprint density at radius 3 is 2.63 bits per heavy atom. The van der Waals surface area contributed by atoms with Crippen molar-refractivity contribution in [2.45, 2.75) is 31.1 Å². The monoisotopic (exact) mass is 422 g/mol. The van der Waals surface area contributed by atoms with Crippen molar-refractivity contribution in [3.63, 3.8) is 0 Å². The van der Waals surface area contributed by atoms with Gasteiger partial charge in [-0.3, -0.25) is 4.98 Å². The lowest BCUT2D eigenvalue weighted by Gasteiger charge is -2.11. The summed E-state index contributed by atoms with van der Waals surface area (Å²) < 4.78 is 27.7. The smallest absolute Gasteiger partial charge is 0.273 e. The largest absolute Gasteiger partial charge is 0.394 e. The molecule has 154 valence electrons. The molecule has 1 N–H and O–H groups in total. The number of unbranched alkanes of at least 4 members (excludes halogenated alkanes) is 1. The van der Waals surface area contributed by atoms with Crippen molar-refractivity contribution in [2.24, 2.45) is 0 Å². The minimum Gasteiger partial charge on any atom is -0.394 e. The number of para-hydroxylation sites is 1. The van der Waals surface area contributed by atoms with Crippen molar-refractivity contribution in [2.75, 3.05) is 0 Å². The van der Waals surface area contributed by atoms with E-state index in [1.54, 1.807) is 30.7 Å². The maximum absolute atomic E-state index is 12.9. The topological polar surface area (TPSA) is 86.1 Å². The van der Waals surface area contributed by atoms with E-state index in [1.807, 2.05) is 41.1 Å². The number of nitrogens with one attached hydrogen (secondary N) is 1. The van der Waals surface area contributed by atoms with Gasteiger partial charge in [0.2, 0.25) is 0 Å². The van der Waals surface area contributed by atoms with Crippen molar-refractivity contribution in [3.8, 4) is 11.4 Å². The SMILES string of the molecule is CCCCc1ccc2cccc(S(=O)(=O)NOc3ccc(-n4ccnc4)cc3)c2n1. The Morgan fingerprint density at radius 1 is 1.07 bits per heavy atom. The van der Waals surface area contributed by atoms with E-state index in [2.05, 4.69) is 21.8 Å². The van der Waals surface area contributed by atoms with Gasteiger partial charge in [-0.1, -0.05) is 31.5 Å². The van der Waals surface area contributed by atoms with Gasteiger partial charge < -0.3 is 9.40 Å². The first-order valence-corrected chi connectivity index (χ1v) is 11.2. The predicted molar refractivity (Wildman–Crippen MR) is 115 cm³/mol. The van der Waals surface area contributed by atoms with Gasteiger partial charge in [-0.05, 0) is 54.1 Å². The molecule has 0 unspecified atom stereocenters. The first kappa shape index (κ1) is 20.1. The van der Waals surface area contributed by atoms with Crippen molar-refractivity contribution < 1.29 is 13.3 Å². The summed E-state index contributed by atoms with van der Waals surface area (Å²) in [6.45, 7) is 2.11. The lowest BCUT2D eigenvalue weighted by molar-refractivity contribution is 0.269. The molecule has 0 fully saturated rings. The number of hydrogen-bond acceptors (Lipinski definition) is 5. The average molecular weight is 423 g/mol. The van der Waals surface area contributed by atoms with Gasteiger partial charge in [-0.25, -0.2) is 13.4 Å². The summed E-state index contributed by atoms with van der Waals surface area (Å²) >= 11 is 0. The third-order valence-corrected chi connectivity index (χ3v) is 5.94. The van der Waals surface area contributed by atoms with E-state index in [9.17, 15) is 8.42 Å². The molecule has 0 bridgehead atoms. The number of aromatic nitrogens is 3. The van der Waals surface area contributed by atoms with Gasteiger partial charge in [0, 0.05) is 29.2 Å². The Balaban J connectivity index is 1.55. The molecule has 0 spiro atoms. The van der Waals surface area contributed by atoms with Crippen LogP contribution in [0.15, 0.2) is 78.2 Å². The summed E-state index contributed by atoms with van der Waals surface area (Å²) in [5.41, 5.74) is 2.21. The van der Waals surface area contributed by atoms with Gasteiger partial charge in [0.25, 0.3) is 10.0 Å². The molecule has 0 saturated heterocycles. The van der Waals surface area contributed by atoms with Crippen molar-refractivity contribution in [1.82, 2.24) is 19.4 Å². The fraction of sp³-hybridized carbons (Fsp3) is 0.182. The maximum Gasteiger partial charge on any atom is 0.273 e. The Hall–Kier alpha value is -3.23. The second kappa shape index (κ2) is 8.64. The number of nitrogens with zero attached hydrogens (tertiary/aromatic N) is 3. The molecule has 0 amide bonds. The minimum atomic E-state index is -3.93. The van der Waals surface area contributed by atoms with E-state index < -0.39 is 10.0 Å². The average Bonchev–Trinajstić information content (AvgIpc) is 3.31. The zero-order valence-corrected chi connectivity index (χ0v) is 17.3. The van der Waals surface area contributed by atoms with Gasteiger partial charge in [0.15, 0.2) is 0 Å². The number of fused-ring (bicyclic) bond motifs is 1. The van der Waals surface area contributed by atoms with Crippen LogP contribution in [-0.4, -0.2) is 23.0 Å². The quantitative estimate of drug-likeness (QED) is 0.433. The van der Waals surface area contributed by atoms with Crippen LogP contribution < -0.4 is 9.72 Å². The van der Waals surface area contributed by atoms with Crippen LogP contribution in [0, 0.1) is 0 Å². The molecular weight excluding hydrogens is 400 g/mol. The van der Waals surface area contributed by atoms with E-state index in [1.165, 1.54) is 6.07 Å². The zero-order valence-electron chi connectivity index (χ0n) is 16.5. The molecule has 2 aromatic heterocycles. The second-order valence-corrected chi connectivity index (χ2v) is 8.50. The summed E-state index contributed by atoms with van der Waals surface area (Å²) in [4.78, 5) is 16.3. The van der Waals surface area contributed by atoms with Crippen LogP contribution in [0.5, 0.6) is 5.75 Å². The molecule has 2 aromatic carbocycles. The van der Waals surface area contributed by atoms with Crippen LogP contribution in [0.3, 0.4) is 0 Å². The van der Waals surface area contributed by atoms with Crippen LogP contribution in [0.1, 0.15) is 25.5 Å². The van der Waals surface area contributed by atoms with Crippen LogP contribution in [-0.2, 0) is 16.4 Å². The third kappa shape index (κ3) is 4.34. The van der Waals surface area contributed by atoms with Crippen molar-refractivity contribution in [3.05, 3.63) is 79.0 Å². The van der Waals surface area contributed by atoms with Gasteiger partial charge in [0.05, 0.1) is 11.8 Å². The number of rotatable bonds is 8. The van der Waals surface area contributed by atoms with Crippen LogP contribution >= 0.6 is 0 Å². The van der Waals surface area contributed by atoms with Crippen molar-refractivity contribution in [1.29, 1.82) is 0 Å². The van der Waals surface area contributed by atoms with Crippen molar-refractivity contribution >= 4 is 20.9 Å². The Labute approximate surface area is 175 Å². The van der Waals surface area contributed by atoms with E-state index in [4.69, 9.17) is 4.84 Å². The molecule has 0 aliphatic heterocycles. The summed E-state index contributed by atoms with van der Waals surface area (Å²) in [7, 11) is -3.93. The Morgan fingerprint density at radius 2 is 1.90 bits per heavy atom. The molecule has 30 heavy (non-hydrogen) atoms. The molecule has 0 saturated carbocycles. The maximum atomic E-state index is 12.9. The summed E-state index contributed by atoms with van der Waals surface area (Å²) in [5.74, 6) is 0.374. The Bertz CT molecular complexity index is 1240. The van der Waals surface area contributed by atoms with Gasteiger partial charge >= 0.3 is 0 Å². The number of hydrogen-bond donors (Lipinski definition) is 1. The van der Waals surface area contributed by atoms with E-state index >= 15 is 0 Å². The molecule has 0 aliphatic carbocycles. The summed E-state index contributed by atoms with van der Waals surface area (Å²) in [6, 6.07) is 15.9. The predicted octanol–water partition coefficient (Wildman–Crippen LogP) is 4.04. The Kier molecular flexibility index (Phi) is 5.78. The number of pyridine rings is 1. The number of aryl methyl sites for hydroxylation is 1. The molecule has 0 aliphatic rings. The van der Waals surface area contributed by atoms with E-state index in [0.717, 1.165) is 36.0 Å². The molecular formula is C22H22N4O3S. The molecule has 0 atom stereocenters. The van der Waals surface area contributed by atoms with Crippen LogP contribution in [0.25, 0.3) is 16.6 Å². The number of imidazole rings is 1. The third-order valence-electron chi connectivity index (χ3n) is 4.73. The highest BCUT2D eigenvalue weighted by Gasteiger charge is 2.19. The highest BCUT2D eigenvalue weighted by atomic mass is 32.2. The first-order chi connectivity index (χ1) is 14.6. The molecule has 4 rings (SSSR count). The molecule has 7 nitrogen and oxygen atoms in total. The van der Waals surface area contributed by atoms with Crippen LogP contribution in [0.4, 0.5) is 0 Å². The molecule has 2 heterocycles. The van der Waals surface area contributed by atoms with Crippen LogP contribution in [0.2, 0.25) is 0 Å². The van der Waals surface area contributed by atoms with E-state index in [-0.39, 0.29) is 4.90 Å². The lowest BCUT2D eigenvalue weighted by Crippen LogP contribution is -2.27. The lowest BCUT2D eigenvalue weighted by atomic mass is 10.1. The van der Waals surface area contributed by atoms with Gasteiger partial charge in [-0.15, -0.1) is 0 Å². The molecule has 0 radical (unpaired) electrons. The fourth-order valence-electron chi connectivity index (χ4n) is 3.12. The highest BCUT2D eigenvalue weighted by Crippen LogP contribution is 2.23. The molecule has 4 aromatic rings.